The summed E-state index contributed by atoms with van der Waals surface area (Å²) < 4.78 is 15.2. The summed E-state index contributed by atoms with van der Waals surface area (Å²) in [4.78, 5) is 68.3. The number of carbonyl (C=O) groups is 5. The molecule has 8 nitrogen and oxygen atoms in total. The van der Waals surface area contributed by atoms with E-state index >= 15 is 4.39 Å². The smallest absolute Gasteiger partial charge is 0.262 e. The molecule has 0 N–H and O–H groups in total. The van der Waals surface area contributed by atoms with E-state index in [1.54, 1.807) is 30.3 Å². The minimum absolute atomic E-state index is 0.157. The highest BCUT2D eigenvalue weighted by atomic mass is 19.1. The van der Waals surface area contributed by atoms with Gasteiger partial charge >= 0.3 is 0 Å². The summed E-state index contributed by atoms with van der Waals surface area (Å²) in [6.07, 6.45) is 3.37. The maximum atomic E-state index is 15.2. The predicted molar refractivity (Wildman–Crippen MR) is 148 cm³/mol. The number of nitrogens with zero attached hydrogens (tertiary/aromatic N) is 3. The Balaban J connectivity index is 1.10. The summed E-state index contributed by atoms with van der Waals surface area (Å²) in [6.45, 7) is 3.08. The van der Waals surface area contributed by atoms with Gasteiger partial charge in [0.15, 0.2) is 5.78 Å². The van der Waals surface area contributed by atoms with Crippen LogP contribution in [0.5, 0.6) is 0 Å². The zero-order valence-corrected chi connectivity index (χ0v) is 23.3. The lowest BCUT2D eigenvalue weighted by atomic mass is 9.77. The van der Waals surface area contributed by atoms with Crippen molar-refractivity contribution in [3.8, 4) is 0 Å². The average molecular weight is 560 g/mol. The van der Waals surface area contributed by atoms with E-state index in [9.17, 15) is 24.0 Å². The van der Waals surface area contributed by atoms with E-state index < -0.39 is 23.6 Å². The predicted octanol–water partition coefficient (Wildman–Crippen LogP) is 3.34. The molecule has 2 aromatic carbocycles. The number of amides is 3. The van der Waals surface area contributed by atoms with Crippen molar-refractivity contribution in [2.24, 2.45) is 5.41 Å². The molecule has 6 rings (SSSR count). The minimum atomic E-state index is -0.914. The second-order valence-electron chi connectivity index (χ2n) is 12.0. The lowest BCUT2D eigenvalue weighted by Gasteiger charge is -2.37. The average Bonchev–Trinajstić information content (AvgIpc) is 3.37. The number of piperidine rings is 1. The fourth-order valence-electron chi connectivity index (χ4n) is 7.01. The molecular formula is C32H34FN3O5. The van der Waals surface area contributed by atoms with E-state index in [0.29, 0.717) is 30.5 Å². The van der Waals surface area contributed by atoms with E-state index in [4.69, 9.17) is 0 Å². The van der Waals surface area contributed by atoms with Crippen LogP contribution >= 0.6 is 0 Å². The molecule has 1 unspecified atom stereocenters. The van der Waals surface area contributed by atoms with Crippen molar-refractivity contribution in [3.05, 3.63) is 70.0 Å². The Morgan fingerprint density at radius 1 is 0.902 bits per heavy atom. The molecule has 0 radical (unpaired) electrons. The first-order valence-electron chi connectivity index (χ1n) is 14.5. The van der Waals surface area contributed by atoms with Crippen molar-refractivity contribution in [1.82, 2.24) is 14.7 Å². The van der Waals surface area contributed by atoms with E-state index in [0.717, 1.165) is 49.4 Å². The van der Waals surface area contributed by atoms with Crippen LogP contribution in [-0.2, 0) is 33.8 Å². The molecule has 1 saturated carbocycles. The Bertz CT molecular complexity index is 1460. The minimum Gasteiger partial charge on any atom is -0.345 e. The third kappa shape index (κ3) is 4.90. The number of aryl methyl sites for hydroxylation is 2. The van der Waals surface area contributed by atoms with Crippen LogP contribution in [0.4, 0.5) is 4.39 Å². The van der Waals surface area contributed by atoms with E-state index in [2.05, 4.69) is 4.90 Å². The van der Waals surface area contributed by atoms with Crippen LogP contribution in [-0.4, -0.2) is 76.7 Å². The molecule has 3 fully saturated rings. The van der Waals surface area contributed by atoms with Crippen LogP contribution in [0.2, 0.25) is 0 Å². The molecule has 3 amide bonds. The monoisotopic (exact) mass is 559 g/mol. The quantitative estimate of drug-likeness (QED) is 0.398. The second kappa shape index (κ2) is 10.6. The van der Waals surface area contributed by atoms with Gasteiger partial charge in [0.05, 0.1) is 29.0 Å². The van der Waals surface area contributed by atoms with E-state index in [-0.39, 0.29) is 53.3 Å². The maximum Gasteiger partial charge on any atom is 0.262 e. The standard InChI is InChI=1S/C32H34FN3O5/c1-34-14-11-32(31(34)41)12-15-35(16-13-32)19-20-5-6-21(25(33)17-20)7-8-22-3-2-4-24-28(22)30(40)36(29(24)39)26-10-9-23(37)18-27(26)38/h2-6,17,26H,7-16,18-19H2,1H3. The number of hydrogen-bond acceptors (Lipinski definition) is 6. The number of halogens is 1. The number of fused-ring (bicyclic) bond motifs is 1. The van der Waals surface area contributed by atoms with Gasteiger partial charge in [-0.3, -0.25) is 33.8 Å². The zero-order chi connectivity index (χ0) is 28.9. The Kier molecular flexibility index (Phi) is 7.09. The first-order chi connectivity index (χ1) is 19.7. The molecule has 1 spiro atoms. The normalized spacial score (nSPS) is 22.8. The number of carbonyl (C=O) groups excluding carboxylic acids is 5. The molecule has 2 saturated heterocycles. The summed E-state index contributed by atoms with van der Waals surface area (Å²) in [5.41, 5.74) is 2.35. The fourth-order valence-corrected chi connectivity index (χ4v) is 7.01. The number of likely N-dealkylation sites (tertiary alicyclic amines) is 2. The van der Waals surface area contributed by atoms with Gasteiger partial charge in [-0.15, -0.1) is 0 Å². The second-order valence-corrected chi connectivity index (χ2v) is 12.0. The number of imide groups is 1. The van der Waals surface area contributed by atoms with Crippen LogP contribution in [0.1, 0.15) is 75.9 Å². The first kappa shape index (κ1) is 27.4. The third-order valence-electron chi connectivity index (χ3n) is 9.51. The van der Waals surface area contributed by atoms with Crippen molar-refractivity contribution in [1.29, 1.82) is 0 Å². The zero-order valence-electron chi connectivity index (χ0n) is 23.3. The van der Waals surface area contributed by atoms with E-state index in [1.165, 1.54) is 0 Å². The van der Waals surface area contributed by atoms with Crippen molar-refractivity contribution in [2.75, 3.05) is 26.7 Å². The molecule has 3 heterocycles. The number of ketones is 2. The summed E-state index contributed by atoms with van der Waals surface area (Å²) >= 11 is 0. The largest absolute Gasteiger partial charge is 0.345 e. The first-order valence-corrected chi connectivity index (χ1v) is 14.5. The molecule has 0 aromatic heterocycles. The molecule has 9 heteroatoms. The molecule has 1 aliphatic carbocycles. The highest BCUT2D eigenvalue weighted by Crippen LogP contribution is 2.41. The van der Waals surface area contributed by atoms with Crippen LogP contribution in [0.3, 0.4) is 0 Å². The number of rotatable bonds is 6. The highest BCUT2D eigenvalue weighted by Gasteiger charge is 2.47. The van der Waals surface area contributed by atoms with Crippen molar-refractivity contribution >= 4 is 29.3 Å². The van der Waals surface area contributed by atoms with Gasteiger partial charge in [-0.05, 0) is 80.4 Å². The van der Waals surface area contributed by atoms with Gasteiger partial charge < -0.3 is 4.90 Å². The van der Waals surface area contributed by atoms with Crippen LogP contribution in [0.15, 0.2) is 36.4 Å². The topological polar surface area (TPSA) is 95.1 Å². The summed E-state index contributed by atoms with van der Waals surface area (Å²) in [5.74, 6) is -1.65. The van der Waals surface area contributed by atoms with Gasteiger partial charge in [-0.25, -0.2) is 4.39 Å². The summed E-state index contributed by atoms with van der Waals surface area (Å²) in [5, 5.41) is 0. The van der Waals surface area contributed by atoms with Crippen LogP contribution < -0.4 is 0 Å². The molecule has 1 atom stereocenters. The Morgan fingerprint density at radius 3 is 2.32 bits per heavy atom. The van der Waals surface area contributed by atoms with Gasteiger partial charge in [-0.1, -0.05) is 24.3 Å². The molecule has 3 aliphatic heterocycles. The van der Waals surface area contributed by atoms with Crippen LogP contribution in [0, 0.1) is 11.2 Å². The molecule has 214 valence electrons. The van der Waals surface area contributed by atoms with Gasteiger partial charge in [0.1, 0.15) is 11.6 Å². The van der Waals surface area contributed by atoms with Crippen LogP contribution in [0.25, 0.3) is 0 Å². The number of Topliss-reactive ketones (excluding diaryl/α,β-unsaturated/α-hetero) is 2. The molecule has 4 aliphatic rings. The molecular weight excluding hydrogens is 525 g/mol. The van der Waals surface area contributed by atoms with Crippen molar-refractivity contribution < 1.29 is 28.4 Å². The van der Waals surface area contributed by atoms with Gasteiger partial charge in [0.25, 0.3) is 11.8 Å². The van der Waals surface area contributed by atoms with Gasteiger partial charge in [-0.2, -0.15) is 0 Å². The summed E-state index contributed by atoms with van der Waals surface area (Å²) in [6, 6.07) is 9.41. The SMILES string of the molecule is CN1CCC2(CCN(Cc3ccc(CCc4cccc5c4C(=O)N(C4CCC(=O)CC4=O)C5=O)c(F)c3)CC2)C1=O. The van der Waals surface area contributed by atoms with E-state index in [1.807, 2.05) is 18.0 Å². The molecule has 0 bridgehead atoms. The van der Waals surface area contributed by atoms with Crippen molar-refractivity contribution in [3.63, 3.8) is 0 Å². The molecule has 41 heavy (non-hydrogen) atoms. The highest BCUT2D eigenvalue weighted by molar-refractivity contribution is 6.24. The Labute approximate surface area is 238 Å². The maximum absolute atomic E-state index is 15.2. The lowest BCUT2D eigenvalue weighted by molar-refractivity contribution is -0.137. The summed E-state index contributed by atoms with van der Waals surface area (Å²) in [7, 11) is 1.87. The molecule has 2 aromatic rings. The number of hydrogen-bond donors (Lipinski definition) is 0. The van der Waals surface area contributed by atoms with Crippen molar-refractivity contribution in [2.45, 2.75) is 64.0 Å². The number of benzene rings is 2. The third-order valence-corrected chi connectivity index (χ3v) is 9.51. The lowest BCUT2D eigenvalue weighted by Crippen LogP contribution is -2.47. The Hall–Kier alpha value is -3.72. The Morgan fingerprint density at radius 2 is 1.63 bits per heavy atom. The fraction of sp³-hybridized carbons (Fsp3) is 0.469. The van der Waals surface area contributed by atoms with Gasteiger partial charge in [0.2, 0.25) is 5.91 Å². The van der Waals surface area contributed by atoms with Gasteiger partial charge in [0, 0.05) is 26.6 Å².